The van der Waals surface area contributed by atoms with E-state index in [0.29, 0.717) is 6.42 Å². The number of carboxylic acid groups (broad SMARTS) is 1. The zero-order valence-electron chi connectivity index (χ0n) is 22.1. The average Bonchev–Trinajstić information content (AvgIpc) is 3.40. The number of nitrogens with two attached hydrogens (primary N) is 1. The van der Waals surface area contributed by atoms with Crippen LogP contribution in [0.25, 0.3) is 0 Å². The van der Waals surface area contributed by atoms with Gasteiger partial charge < -0.3 is 52.5 Å². The van der Waals surface area contributed by atoms with E-state index in [-0.39, 0.29) is 18.7 Å². The highest BCUT2D eigenvalue weighted by atomic mass is 32.1. The summed E-state index contributed by atoms with van der Waals surface area (Å²) in [5.41, 5.74) is 5.51. The van der Waals surface area contributed by atoms with Gasteiger partial charge in [-0.15, -0.1) is 0 Å². The van der Waals surface area contributed by atoms with Crippen molar-refractivity contribution < 1.29 is 48.9 Å². The van der Waals surface area contributed by atoms with E-state index in [2.05, 4.69) is 39.2 Å². The molecule has 1 fully saturated rings. The Kier molecular flexibility index (Phi) is 14.3. The Bertz CT molecular complexity index is 966. The largest absolute Gasteiger partial charge is 0.480 e. The summed E-state index contributed by atoms with van der Waals surface area (Å²) in [6, 6.07) is -6.12. The van der Waals surface area contributed by atoms with Crippen LogP contribution in [0.5, 0.6) is 0 Å². The van der Waals surface area contributed by atoms with E-state index >= 15 is 0 Å². The topological polar surface area (TPSA) is 270 Å². The molecule has 17 nitrogen and oxygen atoms in total. The van der Waals surface area contributed by atoms with E-state index in [4.69, 9.17) is 10.8 Å². The van der Waals surface area contributed by atoms with Crippen LogP contribution in [0.1, 0.15) is 26.7 Å². The maximum atomic E-state index is 13.1. The van der Waals surface area contributed by atoms with E-state index in [0.717, 1.165) is 4.90 Å². The van der Waals surface area contributed by atoms with Gasteiger partial charge >= 0.3 is 5.97 Å². The van der Waals surface area contributed by atoms with E-state index in [1.807, 2.05) is 0 Å². The predicted molar refractivity (Wildman–Crippen MR) is 140 cm³/mol. The molecule has 1 aliphatic heterocycles. The number of amides is 6. The Morgan fingerprint density at radius 3 is 2.17 bits per heavy atom. The molecule has 0 radical (unpaired) electrons. The number of hydrogen-bond acceptors (Lipinski definition) is 11. The number of aliphatic hydroxyl groups is 2. The van der Waals surface area contributed by atoms with Crippen LogP contribution >= 0.6 is 12.6 Å². The van der Waals surface area contributed by atoms with Gasteiger partial charge in [-0.25, -0.2) is 0 Å². The van der Waals surface area contributed by atoms with Crippen molar-refractivity contribution in [3.63, 3.8) is 0 Å². The Morgan fingerprint density at radius 2 is 1.62 bits per heavy atom. The van der Waals surface area contributed by atoms with Gasteiger partial charge in [-0.1, -0.05) is 0 Å². The number of rotatable bonds is 15. The summed E-state index contributed by atoms with van der Waals surface area (Å²) in [6.45, 7) is 0.510. The van der Waals surface area contributed by atoms with Gasteiger partial charge in [0.15, 0.2) is 0 Å². The standard InChI is InChI=1S/C22H37N7O10S/c1-10(26-19(36)12(23)9-40)18(35)24-6-15(32)27-13(8-30)20(37)28-17(11(2)31)22(39)29-5-3-4-14(29)21(38)25-7-16(33)34/h10-14,17,30-31,40H,3-9,23H2,1-2H3,(H,24,35)(H,25,38)(H,26,36)(H,27,32)(H,28,37)(H,33,34)/t10-,11+,12-,13-,14-,17-/m0/s1. The Balaban J connectivity index is 2.74. The van der Waals surface area contributed by atoms with Crippen LogP contribution in [0.4, 0.5) is 0 Å². The number of aliphatic hydroxyl groups excluding tert-OH is 2. The lowest BCUT2D eigenvalue weighted by Gasteiger charge is -2.30. The molecule has 6 amide bonds. The Hall–Kier alpha value is -3.48. The molecule has 0 aliphatic carbocycles. The fraction of sp³-hybridized carbons (Fsp3) is 0.682. The predicted octanol–water partition coefficient (Wildman–Crippen LogP) is -5.60. The Morgan fingerprint density at radius 1 is 0.975 bits per heavy atom. The summed E-state index contributed by atoms with van der Waals surface area (Å²) in [4.78, 5) is 86.2. The third-order valence-electron chi connectivity index (χ3n) is 5.84. The molecule has 6 atom stereocenters. The zero-order chi connectivity index (χ0) is 30.6. The SMILES string of the molecule is C[C@H](NC(=O)[C@@H](N)CS)C(=O)NCC(=O)N[C@@H](CO)C(=O)N[C@H](C(=O)N1CCC[C@H]1C(=O)NCC(=O)O)[C@@H](C)O. The first-order valence-corrected chi connectivity index (χ1v) is 13.0. The lowest BCUT2D eigenvalue weighted by molar-refractivity contribution is -0.145. The number of carbonyl (C=O) groups is 7. The number of carbonyl (C=O) groups excluding carboxylic acids is 6. The molecule has 0 spiro atoms. The van der Waals surface area contributed by atoms with E-state index in [1.165, 1.54) is 13.8 Å². The number of nitrogens with one attached hydrogen (secondary N) is 5. The normalized spacial score (nSPS) is 18.4. The minimum absolute atomic E-state index is 0.0510. The second-order valence-corrected chi connectivity index (χ2v) is 9.43. The van der Waals surface area contributed by atoms with Gasteiger partial charge in [-0.05, 0) is 26.7 Å². The summed E-state index contributed by atoms with van der Waals surface area (Å²) < 4.78 is 0. The zero-order valence-corrected chi connectivity index (χ0v) is 23.0. The highest BCUT2D eigenvalue weighted by Gasteiger charge is 2.40. The minimum Gasteiger partial charge on any atom is -0.480 e. The van der Waals surface area contributed by atoms with Gasteiger partial charge in [0, 0.05) is 12.3 Å². The van der Waals surface area contributed by atoms with E-state index in [9.17, 15) is 43.8 Å². The second-order valence-electron chi connectivity index (χ2n) is 9.07. The first kappa shape index (κ1) is 34.5. The number of nitrogens with zero attached hydrogens (tertiary/aromatic N) is 1. The molecule has 1 saturated heterocycles. The molecule has 10 N–H and O–H groups in total. The van der Waals surface area contributed by atoms with Gasteiger partial charge in [0.1, 0.15) is 30.7 Å². The van der Waals surface area contributed by atoms with Crippen LogP contribution in [0.15, 0.2) is 0 Å². The molecule has 0 saturated carbocycles. The number of thiol groups is 1. The highest BCUT2D eigenvalue weighted by molar-refractivity contribution is 7.80. The third kappa shape index (κ3) is 10.6. The monoisotopic (exact) mass is 591 g/mol. The maximum Gasteiger partial charge on any atom is 0.322 e. The lowest BCUT2D eigenvalue weighted by Crippen LogP contribution is -2.60. The number of carboxylic acids is 1. The van der Waals surface area contributed by atoms with Gasteiger partial charge in [0.2, 0.25) is 35.4 Å². The van der Waals surface area contributed by atoms with Crippen molar-refractivity contribution in [1.29, 1.82) is 0 Å². The molecular formula is C22H37N7O10S. The molecule has 0 bridgehead atoms. The molecule has 0 unspecified atom stereocenters. The molecule has 1 rings (SSSR count). The van der Waals surface area contributed by atoms with Crippen molar-refractivity contribution in [3.05, 3.63) is 0 Å². The molecule has 0 aromatic carbocycles. The van der Waals surface area contributed by atoms with Crippen molar-refractivity contribution in [1.82, 2.24) is 31.5 Å². The van der Waals surface area contributed by atoms with Gasteiger partial charge in [-0.2, -0.15) is 12.6 Å². The molecule has 1 aliphatic rings. The van der Waals surface area contributed by atoms with E-state index in [1.54, 1.807) is 0 Å². The molecule has 40 heavy (non-hydrogen) atoms. The summed E-state index contributed by atoms with van der Waals surface area (Å²) in [5, 5.41) is 39.7. The summed E-state index contributed by atoms with van der Waals surface area (Å²) in [5.74, 6) is -6.02. The molecule has 226 valence electrons. The van der Waals surface area contributed by atoms with Crippen LogP contribution in [0, 0.1) is 0 Å². The third-order valence-corrected chi connectivity index (χ3v) is 6.23. The highest BCUT2D eigenvalue weighted by Crippen LogP contribution is 2.19. The molecule has 0 aromatic rings. The van der Waals surface area contributed by atoms with Crippen LogP contribution in [-0.4, -0.2) is 130 Å². The molecule has 18 heteroatoms. The molecule has 0 aromatic heterocycles. The maximum absolute atomic E-state index is 13.1. The number of likely N-dealkylation sites (tertiary alicyclic amines) is 1. The number of hydrogen-bond donors (Lipinski definition) is 10. The van der Waals surface area contributed by atoms with E-state index < -0.39 is 97.4 Å². The fourth-order valence-corrected chi connectivity index (χ4v) is 3.80. The van der Waals surface area contributed by atoms with Crippen LogP contribution < -0.4 is 32.3 Å². The fourth-order valence-electron chi connectivity index (χ4n) is 3.63. The van der Waals surface area contributed by atoms with Crippen molar-refractivity contribution in [2.45, 2.75) is 63.0 Å². The van der Waals surface area contributed by atoms with Crippen LogP contribution in [0.3, 0.4) is 0 Å². The summed E-state index contributed by atoms with van der Waals surface area (Å²) in [6.07, 6.45) is -0.785. The van der Waals surface area contributed by atoms with Crippen molar-refractivity contribution in [2.24, 2.45) is 5.73 Å². The van der Waals surface area contributed by atoms with Crippen LogP contribution in [0.2, 0.25) is 0 Å². The first-order chi connectivity index (χ1) is 18.7. The second kappa shape index (κ2) is 16.6. The lowest BCUT2D eigenvalue weighted by atomic mass is 10.1. The van der Waals surface area contributed by atoms with Gasteiger partial charge in [0.25, 0.3) is 0 Å². The number of aliphatic carboxylic acids is 1. The Labute approximate surface area is 235 Å². The van der Waals surface area contributed by atoms with Gasteiger partial charge in [0.05, 0.1) is 25.3 Å². The van der Waals surface area contributed by atoms with Crippen molar-refractivity contribution >= 4 is 54.0 Å². The summed E-state index contributed by atoms with van der Waals surface area (Å²) in [7, 11) is 0. The minimum atomic E-state index is -1.57. The van der Waals surface area contributed by atoms with Crippen molar-refractivity contribution in [2.75, 3.05) is 32.0 Å². The van der Waals surface area contributed by atoms with Crippen molar-refractivity contribution in [3.8, 4) is 0 Å². The molecular weight excluding hydrogens is 554 g/mol. The van der Waals surface area contributed by atoms with Gasteiger partial charge in [-0.3, -0.25) is 33.6 Å². The van der Waals surface area contributed by atoms with Crippen LogP contribution in [-0.2, 0) is 33.6 Å². The summed E-state index contributed by atoms with van der Waals surface area (Å²) >= 11 is 3.88. The molecule has 1 heterocycles. The average molecular weight is 592 g/mol. The first-order valence-electron chi connectivity index (χ1n) is 12.4. The smallest absolute Gasteiger partial charge is 0.322 e. The quantitative estimate of drug-likeness (QED) is 0.0802.